The molecule has 272 valence electrons. The lowest BCUT2D eigenvalue weighted by molar-refractivity contribution is 0.634. The van der Waals surface area contributed by atoms with Gasteiger partial charge in [-0.2, -0.15) is 0 Å². The van der Waals surface area contributed by atoms with Crippen molar-refractivity contribution < 1.29 is 4.42 Å². The summed E-state index contributed by atoms with van der Waals surface area (Å²) in [4.78, 5) is 10.8. The monoisotopic (exact) mass is 748 g/mol. The van der Waals surface area contributed by atoms with Crippen LogP contribution in [0.15, 0.2) is 199 Å². The molecule has 3 nitrogen and oxygen atoms in total. The minimum Gasteiger partial charge on any atom is -0.455 e. The molecule has 13 rings (SSSR count). The average molecular weight is 749 g/mol. The van der Waals surface area contributed by atoms with Crippen LogP contribution < -0.4 is 0 Å². The Morgan fingerprint density at radius 3 is 1.83 bits per heavy atom. The standard InChI is InChI=1S/C56H32N2O/c1-2-10-33(11-3-1)34-20-22-37(23-21-34)53-46-28-26-35-12-4-5-15-41(35)54(46)58-56(57-53)48-32-40-25-24-38(30-47(40)42-16-6-7-17-43(42)48)39-27-29-50-49(31-39)52-44-18-8-13-36-14-9-19-45(51(36)44)55(52)59-50/h1-32H. The molecule has 12 aromatic rings. The predicted octanol–water partition coefficient (Wildman–Crippen LogP) is 15.3. The Morgan fingerprint density at radius 1 is 0.339 bits per heavy atom. The summed E-state index contributed by atoms with van der Waals surface area (Å²) in [5.74, 6) is 1.69. The molecule has 0 spiro atoms. The van der Waals surface area contributed by atoms with Gasteiger partial charge in [-0.3, -0.25) is 0 Å². The molecule has 0 aliphatic heterocycles. The van der Waals surface area contributed by atoms with Crippen LogP contribution in [-0.2, 0) is 0 Å². The van der Waals surface area contributed by atoms with Gasteiger partial charge in [-0.1, -0.05) is 164 Å². The van der Waals surface area contributed by atoms with E-state index in [9.17, 15) is 0 Å². The zero-order valence-electron chi connectivity index (χ0n) is 31.8. The van der Waals surface area contributed by atoms with E-state index in [2.05, 4.69) is 194 Å². The van der Waals surface area contributed by atoms with Gasteiger partial charge < -0.3 is 4.42 Å². The van der Waals surface area contributed by atoms with Gasteiger partial charge >= 0.3 is 0 Å². The highest BCUT2D eigenvalue weighted by atomic mass is 16.3. The molecular formula is C56H32N2O. The van der Waals surface area contributed by atoms with Crippen LogP contribution in [0.1, 0.15) is 0 Å². The van der Waals surface area contributed by atoms with E-state index in [4.69, 9.17) is 14.4 Å². The van der Waals surface area contributed by atoms with Crippen molar-refractivity contribution >= 4 is 65.0 Å². The molecule has 2 aromatic heterocycles. The van der Waals surface area contributed by atoms with E-state index in [0.29, 0.717) is 5.82 Å². The molecular weight excluding hydrogens is 717 g/mol. The quantitative estimate of drug-likeness (QED) is 0.168. The minimum atomic E-state index is 0.716. The van der Waals surface area contributed by atoms with E-state index < -0.39 is 0 Å². The summed E-state index contributed by atoms with van der Waals surface area (Å²) in [5.41, 5.74) is 13.2. The van der Waals surface area contributed by atoms with E-state index in [1.807, 2.05) is 0 Å². The fraction of sp³-hybridized carbons (Fsp3) is 0. The predicted molar refractivity (Wildman–Crippen MR) is 246 cm³/mol. The fourth-order valence-corrected chi connectivity index (χ4v) is 9.59. The molecule has 2 heterocycles. The zero-order valence-corrected chi connectivity index (χ0v) is 31.8. The third kappa shape index (κ3) is 4.82. The number of furan rings is 1. The highest BCUT2D eigenvalue weighted by Crippen LogP contribution is 2.52. The van der Waals surface area contributed by atoms with Crippen molar-refractivity contribution in [2.75, 3.05) is 0 Å². The molecule has 1 aliphatic rings. The Labute approximate surface area is 339 Å². The van der Waals surface area contributed by atoms with Crippen molar-refractivity contribution in [3.63, 3.8) is 0 Å². The summed E-state index contributed by atoms with van der Waals surface area (Å²) >= 11 is 0. The lowest BCUT2D eigenvalue weighted by atomic mass is 9.93. The molecule has 0 radical (unpaired) electrons. The van der Waals surface area contributed by atoms with Gasteiger partial charge in [-0.15, -0.1) is 0 Å². The molecule has 3 heteroatoms. The number of benzene rings is 10. The van der Waals surface area contributed by atoms with E-state index in [1.54, 1.807) is 0 Å². The van der Waals surface area contributed by atoms with Crippen LogP contribution in [0.3, 0.4) is 0 Å². The smallest absolute Gasteiger partial charge is 0.161 e. The number of aromatic nitrogens is 2. The van der Waals surface area contributed by atoms with Gasteiger partial charge in [0.05, 0.1) is 11.2 Å². The van der Waals surface area contributed by atoms with E-state index in [-0.39, 0.29) is 0 Å². The molecule has 0 fully saturated rings. The molecule has 1 aliphatic carbocycles. The number of hydrogen-bond acceptors (Lipinski definition) is 3. The van der Waals surface area contributed by atoms with Crippen molar-refractivity contribution in [3.8, 4) is 67.3 Å². The summed E-state index contributed by atoms with van der Waals surface area (Å²) in [5, 5.41) is 11.6. The summed E-state index contributed by atoms with van der Waals surface area (Å²) in [7, 11) is 0. The maximum absolute atomic E-state index is 6.56. The first-order valence-corrected chi connectivity index (χ1v) is 20.1. The van der Waals surface area contributed by atoms with Crippen LogP contribution in [-0.4, -0.2) is 9.97 Å². The molecule has 0 atom stereocenters. The molecule has 0 amide bonds. The van der Waals surface area contributed by atoms with Crippen LogP contribution >= 0.6 is 0 Å². The van der Waals surface area contributed by atoms with Crippen molar-refractivity contribution in [1.82, 2.24) is 9.97 Å². The summed E-state index contributed by atoms with van der Waals surface area (Å²) in [6.45, 7) is 0. The first-order valence-electron chi connectivity index (χ1n) is 20.1. The Bertz CT molecular complexity index is 3710. The van der Waals surface area contributed by atoms with Gasteiger partial charge in [0.25, 0.3) is 0 Å². The third-order valence-corrected chi connectivity index (χ3v) is 12.4. The van der Waals surface area contributed by atoms with Crippen molar-refractivity contribution in [1.29, 1.82) is 0 Å². The fourth-order valence-electron chi connectivity index (χ4n) is 9.59. The maximum Gasteiger partial charge on any atom is 0.161 e. The zero-order chi connectivity index (χ0) is 38.6. The maximum atomic E-state index is 6.56. The average Bonchev–Trinajstić information content (AvgIpc) is 3.84. The second-order valence-corrected chi connectivity index (χ2v) is 15.7. The Kier molecular flexibility index (Phi) is 6.72. The van der Waals surface area contributed by atoms with Gasteiger partial charge in [0.2, 0.25) is 0 Å². The highest BCUT2D eigenvalue weighted by molar-refractivity contribution is 6.21. The Hall–Kier alpha value is -7.88. The van der Waals surface area contributed by atoms with Crippen molar-refractivity contribution in [2.24, 2.45) is 0 Å². The molecule has 0 N–H and O–H groups in total. The second kappa shape index (κ2) is 12.3. The van der Waals surface area contributed by atoms with Crippen LogP contribution in [0.4, 0.5) is 0 Å². The van der Waals surface area contributed by atoms with Gasteiger partial charge in [-0.05, 0) is 90.5 Å². The highest BCUT2D eigenvalue weighted by Gasteiger charge is 2.28. The Balaban J connectivity index is 0.980. The van der Waals surface area contributed by atoms with Crippen LogP contribution in [0.5, 0.6) is 0 Å². The topological polar surface area (TPSA) is 38.9 Å². The number of nitrogens with zero attached hydrogens (tertiary/aromatic N) is 2. The lowest BCUT2D eigenvalue weighted by Crippen LogP contribution is -1.97. The van der Waals surface area contributed by atoms with Crippen LogP contribution in [0.25, 0.3) is 132 Å². The third-order valence-electron chi connectivity index (χ3n) is 12.4. The van der Waals surface area contributed by atoms with Crippen molar-refractivity contribution in [2.45, 2.75) is 0 Å². The lowest BCUT2D eigenvalue weighted by Gasteiger charge is -2.15. The number of hydrogen-bond donors (Lipinski definition) is 0. The van der Waals surface area contributed by atoms with Gasteiger partial charge in [-0.25, -0.2) is 9.97 Å². The molecule has 0 saturated carbocycles. The number of rotatable bonds is 4. The first-order chi connectivity index (χ1) is 29.2. The molecule has 59 heavy (non-hydrogen) atoms. The normalized spacial score (nSPS) is 12.1. The van der Waals surface area contributed by atoms with E-state index in [0.717, 1.165) is 77.1 Å². The molecule has 0 bridgehead atoms. The molecule has 0 unspecified atom stereocenters. The first kappa shape index (κ1) is 32.2. The van der Waals surface area contributed by atoms with Crippen LogP contribution in [0.2, 0.25) is 0 Å². The summed E-state index contributed by atoms with van der Waals surface area (Å²) < 4.78 is 6.56. The van der Waals surface area contributed by atoms with Gasteiger partial charge in [0.1, 0.15) is 11.3 Å². The molecule has 0 saturated heterocycles. The summed E-state index contributed by atoms with van der Waals surface area (Å²) in [6.07, 6.45) is 0. The SMILES string of the molecule is c1ccc(-c2ccc(-c3nc(-c4cc5ccc(-c6ccc7oc8c(c7c6)-c6cccc7cccc-8c67)cc5c5ccccc45)nc4c3ccc3ccccc34)cc2)cc1. The van der Waals surface area contributed by atoms with Gasteiger partial charge in [0, 0.05) is 43.8 Å². The van der Waals surface area contributed by atoms with E-state index >= 15 is 0 Å². The van der Waals surface area contributed by atoms with Gasteiger partial charge in [0.15, 0.2) is 5.82 Å². The second-order valence-electron chi connectivity index (χ2n) is 15.7. The van der Waals surface area contributed by atoms with E-state index in [1.165, 1.54) is 49.4 Å². The van der Waals surface area contributed by atoms with Crippen molar-refractivity contribution in [3.05, 3.63) is 194 Å². The Morgan fingerprint density at radius 2 is 0.983 bits per heavy atom. The minimum absolute atomic E-state index is 0.716. The molecule has 10 aromatic carbocycles. The van der Waals surface area contributed by atoms with Crippen LogP contribution in [0, 0.1) is 0 Å². The number of fused-ring (bicyclic) bond motifs is 11. The largest absolute Gasteiger partial charge is 0.455 e. The summed E-state index contributed by atoms with van der Waals surface area (Å²) in [6, 6.07) is 69.6.